The molecule has 0 spiro atoms. The Labute approximate surface area is 164 Å². The molecule has 0 aliphatic rings. The van der Waals surface area contributed by atoms with Gasteiger partial charge in [-0.05, 0) is 0 Å². The minimum absolute atomic E-state index is 0. The van der Waals surface area contributed by atoms with Crippen LogP contribution in [-0.4, -0.2) is 0 Å². The molecule has 0 saturated heterocycles. The molecule has 0 atom stereocenters. The monoisotopic (exact) mass is 266 g/mol. The van der Waals surface area contributed by atoms with Gasteiger partial charge in [0.1, 0.15) is 0 Å². The van der Waals surface area contributed by atoms with Crippen LogP contribution in [0.4, 0.5) is 0 Å². The molecule has 0 heterocycles. The van der Waals surface area contributed by atoms with Gasteiger partial charge < -0.3 is 11.0 Å². The average molecular weight is 266 g/mol. The number of rotatable bonds is 2. The van der Waals surface area contributed by atoms with E-state index in [1.807, 2.05) is 0 Å². The van der Waals surface area contributed by atoms with Crippen LogP contribution >= 0.6 is 15.8 Å². The van der Waals surface area contributed by atoms with Crippen molar-refractivity contribution in [1.29, 1.82) is 0 Å². The zero-order chi connectivity index (χ0) is 5.86. The van der Waals surface area contributed by atoms with Crippen LogP contribution < -0.4 is 118 Å². The zero-order valence-corrected chi connectivity index (χ0v) is 17.5. The molecule has 0 aliphatic heterocycles. The van der Waals surface area contributed by atoms with Crippen LogP contribution in [0.1, 0.15) is 0 Å². The maximum atomic E-state index is 9.24. The minimum atomic E-state index is -3.24. The van der Waals surface area contributed by atoms with E-state index in [-0.39, 0.29) is 129 Å². The molecule has 0 aliphatic carbocycles. The fraction of sp³-hybridized carbons (Fsp3) is 0. The first-order valence-electron chi connectivity index (χ1n) is 1.10. The Bertz CT molecular complexity index is 147. The van der Waals surface area contributed by atoms with E-state index in [9.17, 15) is 18.3 Å². The fourth-order valence-corrected chi connectivity index (χ4v) is 0.490. The third-order valence-corrected chi connectivity index (χ3v) is 1.20. The van der Waals surface area contributed by atoms with Gasteiger partial charge in [-0.2, -0.15) is 4.31 Å². The first-order valence-corrected chi connectivity index (χ1v) is 3.29. The second-order valence-electron chi connectivity index (χ2n) is 0.529. The van der Waals surface area contributed by atoms with Crippen LogP contribution in [0, 0.1) is 0 Å². The first kappa shape index (κ1) is 43.8. The van der Waals surface area contributed by atoms with Crippen molar-refractivity contribution in [2.24, 2.45) is 0 Å². The van der Waals surface area contributed by atoms with Gasteiger partial charge >= 0.3 is 134 Å². The second-order valence-corrected chi connectivity index (χ2v) is 2.08. The molecule has 0 radical (unpaired) electrons. The Morgan fingerprint density at radius 1 is 0.615 bits per heavy atom. The summed E-state index contributed by atoms with van der Waals surface area (Å²) in [5.74, 6) is 0. The molecule has 0 N–H and O–H groups in total. The van der Waals surface area contributed by atoms with Crippen molar-refractivity contribution in [1.82, 2.24) is 0 Å². The van der Waals surface area contributed by atoms with E-state index in [1.54, 1.807) is 0 Å². The summed E-state index contributed by atoms with van der Waals surface area (Å²) in [4.78, 5) is 0. The Morgan fingerprint density at radius 3 is 0.769 bits per heavy atom. The van der Waals surface area contributed by atoms with E-state index in [2.05, 4.69) is 4.31 Å². The summed E-state index contributed by atoms with van der Waals surface area (Å²) in [6.45, 7) is 0. The molecule has 7 nitrogen and oxygen atoms in total. The van der Waals surface area contributed by atoms with Gasteiger partial charge in [0.2, 0.25) is 0 Å². The summed E-state index contributed by atoms with van der Waals surface area (Å²) in [7, 11) is -6.47. The van der Waals surface area contributed by atoms with Crippen molar-refractivity contribution in [2.45, 2.75) is 0 Å². The van der Waals surface area contributed by atoms with Crippen molar-refractivity contribution in [2.75, 3.05) is 0 Å². The number of hydrogen-bond acceptors (Lipinski definition) is 5. The molecule has 0 bridgehead atoms. The largest absolute Gasteiger partial charge is 2.00 e. The third-order valence-electron chi connectivity index (χ3n) is 0.133. The van der Waals surface area contributed by atoms with E-state index in [0.717, 1.165) is 0 Å². The number of hydrogen-bond donors (Lipinski definition) is 0. The Hall–Kier alpha value is 3.68. The second kappa shape index (κ2) is 29.6. The Kier molecular flexibility index (Phi) is 99.7. The molecule has 56 valence electrons. The molecule has 13 heteroatoms. The smallest absolute Gasteiger partial charge is 1.00 e. The van der Waals surface area contributed by atoms with E-state index < -0.39 is 15.8 Å². The maximum Gasteiger partial charge on any atom is 1.00 e. The molecule has 0 saturated carbocycles. The van der Waals surface area contributed by atoms with Gasteiger partial charge in [-0.3, -0.25) is 0 Å². The topological polar surface area (TPSA) is 135 Å². The summed E-state index contributed by atoms with van der Waals surface area (Å²) in [5, 5.41) is 0. The summed E-state index contributed by atoms with van der Waals surface area (Å²) in [5.41, 5.74) is 0. The third kappa shape index (κ3) is 49.8. The average Bonchev–Trinajstić information content (AvgIpc) is 1.27. The molecular formula is Na4O7P2. The summed E-state index contributed by atoms with van der Waals surface area (Å²) >= 11 is 0. The van der Waals surface area contributed by atoms with E-state index >= 15 is 0 Å². The van der Waals surface area contributed by atoms with Crippen molar-refractivity contribution in [3.8, 4) is 0 Å². The van der Waals surface area contributed by atoms with E-state index in [0.29, 0.717) is 0 Å². The van der Waals surface area contributed by atoms with Crippen molar-refractivity contribution in [3.63, 3.8) is 0 Å². The normalized spacial score (nSPS) is 4.31. The maximum absolute atomic E-state index is 9.24. The van der Waals surface area contributed by atoms with Gasteiger partial charge in [0.15, 0.2) is 0 Å². The van der Waals surface area contributed by atoms with Crippen LogP contribution in [0.2, 0.25) is 0 Å². The van der Waals surface area contributed by atoms with Gasteiger partial charge in [0.05, 0.1) is 0 Å². The van der Waals surface area contributed by atoms with Crippen LogP contribution in [0.5, 0.6) is 0 Å². The first-order chi connectivity index (χ1) is 3.13. The molecule has 0 fully saturated rings. The molecule has 0 unspecified atom stereocenters. The molecule has 0 rings (SSSR count). The summed E-state index contributed by atoms with van der Waals surface area (Å²) < 4.78 is 40.1. The predicted octanol–water partition coefficient (Wildman–Crippen LogP) is -11.0. The van der Waals surface area contributed by atoms with Gasteiger partial charge in [-0.1, -0.05) is 0 Å². The van der Waals surface area contributed by atoms with E-state index in [4.69, 9.17) is 0 Å². The van der Waals surface area contributed by atoms with E-state index in [1.165, 1.54) is 0 Å². The van der Waals surface area contributed by atoms with Gasteiger partial charge in [0, 0.05) is 0 Å². The molecule has 0 amide bonds. The molecule has 0 aromatic rings. The van der Waals surface area contributed by atoms with Gasteiger partial charge in [-0.15, -0.1) is 0 Å². The molecule has 0 aromatic heterocycles. The zero-order valence-electron chi connectivity index (χ0n) is 7.75. The van der Waals surface area contributed by atoms with Gasteiger partial charge in [0.25, 0.3) is 0 Å². The fourth-order valence-electron chi connectivity index (χ4n) is 0.0544. The molecule has 13 heavy (non-hydrogen) atoms. The SMILES string of the molecule is O=P(=O)OP(=O)=O.[Na+].[Na+].[Na+].[Na+].[O-2].[O-2]. The molecule has 0 aromatic carbocycles. The van der Waals surface area contributed by atoms with Crippen LogP contribution in [0.25, 0.3) is 0 Å². The quantitative estimate of drug-likeness (QED) is 0.361. The van der Waals surface area contributed by atoms with Crippen LogP contribution in [-0.2, 0) is 33.5 Å². The standard InChI is InChI=1S/4Na.O5P2.2O/c;;;;1-6(2)5-7(3)4;;/q4*+1;;2*-2. The van der Waals surface area contributed by atoms with Gasteiger partial charge in [-0.25, -0.2) is 18.3 Å². The molecular weight excluding hydrogens is 266 g/mol. The summed E-state index contributed by atoms with van der Waals surface area (Å²) in [6, 6.07) is 0. The predicted molar refractivity (Wildman–Crippen MR) is 19.0 cm³/mol. The van der Waals surface area contributed by atoms with Crippen LogP contribution in [0.3, 0.4) is 0 Å². The summed E-state index contributed by atoms with van der Waals surface area (Å²) in [6.07, 6.45) is 0. The van der Waals surface area contributed by atoms with Crippen molar-refractivity contribution in [3.05, 3.63) is 0 Å². The van der Waals surface area contributed by atoms with Crippen molar-refractivity contribution < 1.29 is 152 Å². The Morgan fingerprint density at radius 2 is 0.769 bits per heavy atom. The minimum Gasteiger partial charge on any atom is -2.00 e. The van der Waals surface area contributed by atoms with Crippen molar-refractivity contribution >= 4 is 15.8 Å². The van der Waals surface area contributed by atoms with Crippen LogP contribution in [0.15, 0.2) is 0 Å². The Balaban J connectivity index is -0.0000000120.